The number of carbonyl (C=O) groups excluding carboxylic acids is 1. The Labute approximate surface area is 168 Å². The van der Waals surface area contributed by atoms with Crippen LogP contribution in [0, 0.1) is 0 Å². The van der Waals surface area contributed by atoms with Crippen molar-refractivity contribution in [3.8, 4) is 11.5 Å². The van der Waals surface area contributed by atoms with Crippen LogP contribution in [0.2, 0.25) is 5.02 Å². The van der Waals surface area contributed by atoms with Gasteiger partial charge in [0.15, 0.2) is 11.5 Å². The summed E-state index contributed by atoms with van der Waals surface area (Å²) in [7, 11) is 0. The van der Waals surface area contributed by atoms with Crippen molar-refractivity contribution in [2.24, 2.45) is 0 Å². The van der Waals surface area contributed by atoms with Crippen molar-refractivity contribution in [1.29, 1.82) is 0 Å². The van der Waals surface area contributed by atoms with E-state index in [9.17, 15) is 4.79 Å². The molecule has 1 saturated heterocycles. The molecule has 140 valence electrons. The van der Waals surface area contributed by atoms with E-state index in [-0.39, 0.29) is 12.7 Å². The zero-order valence-corrected chi connectivity index (χ0v) is 16.3. The van der Waals surface area contributed by atoms with Gasteiger partial charge in [0, 0.05) is 35.2 Å². The Morgan fingerprint density at radius 2 is 2.00 bits per heavy atom. The summed E-state index contributed by atoms with van der Waals surface area (Å²) in [5.41, 5.74) is 2.08. The Bertz CT molecular complexity index is 870. The molecule has 0 N–H and O–H groups in total. The largest absolute Gasteiger partial charge is 0.454 e. The van der Waals surface area contributed by atoms with Gasteiger partial charge >= 0.3 is 0 Å². The summed E-state index contributed by atoms with van der Waals surface area (Å²) < 4.78 is 10.9. The van der Waals surface area contributed by atoms with Gasteiger partial charge in [-0.05, 0) is 41.8 Å². The number of amides is 1. The van der Waals surface area contributed by atoms with Gasteiger partial charge in [0.25, 0.3) is 0 Å². The molecule has 4 rings (SSSR count). The minimum atomic E-state index is 0.0295. The van der Waals surface area contributed by atoms with Crippen molar-refractivity contribution < 1.29 is 14.3 Å². The van der Waals surface area contributed by atoms with E-state index in [1.807, 2.05) is 47.0 Å². The maximum atomic E-state index is 12.6. The van der Waals surface area contributed by atoms with Gasteiger partial charge < -0.3 is 14.4 Å². The molecule has 0 saturated carbocycles. The van der Waals surface area contributed by atoms with E-state index >= 15 is 0 Å². The van der Waals surface area contributed by atoms with Crippen LogP contribution < -0.4 is 9.47 Å². The first kappa shape index (κ1) is 18.3. The average molecular weight is 402 g/mol. The van der Waals surface area contributed by atoms with Crippen molar-refractivity contribution in [2.45, 2.75) is 11.7 Å². The predicted octanol–water partition coefficient (Wildman–Crippen LogP) is 4.79. The number of hydrogen-bond donors (Lipinski definition) is 0. The van der Waals surface area contributed by atoms with Crippen molar-refractivity contribution in [2.75, 3.05) is 25.6 Å². The second-order valence-electron chi connectivity index (χ2n) is 6.44. The zero-order chi connectivity index (χ0) is 18.6. The van der Waals surface area contributed by atoms with Crippen LogP contribution in [0.3, 0.4) is 0 Å². The third kappa shape index (κ3) is 4.25. The lowest BCUT2D eigenvalue weighted by Gasteiger charge is -2.18. The maximum absolute atomic E-state index is 12.6. The molecule has 2 aliphatic rings. The van der Waals surface area contributed by atoms with Gasteiger partial charge in [-0.25, -0.2) is 0 Å². The molecular weight excluding hydrogens is 382 g/mol. The Balaban J connectivity index is 1.39. The summed E-state index contributed by atoms with van der Waals surface area (Å²) in [6.45, 7) is 1.77. The fraction of sp³-hybridized carbons (Fsp3) is 0.286. The summed E-state index contributed by atoms with van der Waals surface area (Å²) >= 11 is 8.03. The first-order chi connectivity index (χ1) is 13.2. The highest BCUT2D eigenvalue weighted by Gasteiger charge is 2.23. The molecular formula is C21H20ClNO3S. The fourth-order valence-corrected chi connectivity index (χ4v) is 4.67. The third-order valence-corrected chi connectivity index (χ3v) is 6.40. The summed E-state index contributed by atoms with van der Waals surface area (Å²) in [4.78, 5) is 14.5. The standard InChI is InChI=1S/C21H20ClNO3S/c22-17-4-2-1-3-15(17)6-8-21(24)23-10-9-20(27-12-11-23)16-5-7-18-19(13-16)26-14-25-18/h1-8,13,20H,9-12,14H2/b8-6+. The topological polar surface area (TPSA) is 38.8 Å². The smallest absolute Gasteiger partial charge is 0.246 e. The van der Waals surface area contributed by atoms with Gasteiger partial charge in [0.05, 0.1) is 0 Å². The van der Waals surface area contributed by atoms with Crippen LogP contribution in [0.5, 0.6) is 11.5 Å². The molecule has 2 aromatic rings. The van der Waals surface area contributed by atoms with Gasteiger partial charge in [-0.2, -0.15) is 11.8 Å². The molecule has 6 heteroatoms. The first-order valence-corrected chi connectivity index (χ1v) is 10.4. The molecule has 4 nitrogen and oxygen atoms in total. The van der Waals surface area contributed by atoms with E-state index in [4.69, 9.17) is 21.1 Å². The summed E-state index contributed by atoms with van der Waals surface area (Å²) in [5, 5.41) is 1.00. The molecule has 2 aliphatic heterocycles. The van der Waals surface area contributed by atoms with Crippen LogP contribution in [0.4, 0.5) is 0 Å². The van der Waals surface area contributed by atoms with Gasteiger partial charge in [0.2, 0.25) is 12.7 Å². The van der Waals surface area contributed by atoms with Gasteiger partial charge in [-0.15, -0.1) is 0 Å². The normalized spacial score (nSPS) is 19.3. The number of carbonyl (C=O) groups is 1. The fourth-order valence-electron chi connectivity index (χ4n) is 3.25. The Kier molecular flexibility index (Phi) is 5.60. The number of thioether (sulfide) groups is 1. The van der Waals surface area contributed by atoms with Crippen LogP contribution in [-0.4, -0.2) is 36.4 Å². The number of halogens is 1. The number of ether oxygens (including phenoxy) is 2. The molecule has 0 bridgehead atoms. The highest BCUT2D eigenvalue weighted by Crippen LogP contribution is 2.40. The average Bonchev–Trinajstić information content (AvgIpc) is 3.01. The molecule has 0 radical (unpaired) electrons. The Hall–Kier alpha value is -2.11. The molecule has 2 aromatic carbocycles. The lowest BCUT2D eigenvalue weighted by atomic mass is 10.1. The summed E-state index contributed by atoms with van der Waals surface area (Å²) in [6, 6.07) is 13.6. The number of nitrogens with zero attached hydrogens (tertiary/aromatic N) is 1. The second-order valence-corrected chi connectivity index (χ2v) is 8.16. The number of fused-ring (bicyclic) bond motifs is 1. The minimum Gasteiger partial charge on any atom is -0.454 e. The van der Waals surface area contributed by atoms with Crippen molar-refractivity contribution in [1.82, 2.24) is 4.90 Å². The van der Waals surface area contributed by atoms with Crippen molar-refractivity contribution >= 4 is 35.3 Å². The van der Waals surface area contributed by atoms with Crippen molar-refractivity contribution in [3.05, 3.63) is 64.7 Å². The van der Waals surface area contributed by atoms with E-state index in [0.717, 1.165) is 42.3 Å². The van der Waals surface area contributed by atoms with Crippen LogP contribution in [0.1, 0.15) is 22.8 Å². The molecule has 2 heterocycles. The van der Waals surface area contributed by atoms with E-state index < -0.39 is 0 Å². The Morgan fingerprint density at radius 1 is 1.15 bits per heavy atom. The minimum absolute atomic E-state index is 0.0295. The highest BCUT2D eigenvalue weighted by molar-refractivity contribution is 7.99. The van der Waals surface area contributed by atoms with Crippen LogP contribution in [0.15, 0.2) is 48.5 Å². The monoisotopic (exact) mass is 401 g/mol. The lowest BCUT2D eigenvalue weighted by Crippen LogP contribution is -2.31. The molecule has 27 heavy (non-hydrogen) atoms. The van der Waals surface area contributed by atoms with E-state index in [0.29, 0.717) is 10.3 Å². The van der Waals surface area contributed by atoms with E-state index in [1.165, 1.54) is 5.56 Å². The van der Waals surface area contributed by atoms with Crippen LogP contribution in [-0.2, 0) is 4.79 Å². The quantitative estimate of drug-likeness (QED) is 0.693. The second kappa shape index (κ2) is 8.28. The number of benzene rings is 2. The molecule has 0 spiro atoms. The number of hydrogen-bond acceptors (Lipinski definition) is 4. The number of rotatable bonds is 3. The lowest BCUT2D eigenvalue weighted by molar-refractivity contribution is -0.125. The Morgan fingerprint density at radius 3 is 2.89 bits per heavy atom. The molecule has 1 unspecified atom stereocenters. The molecule has 0 aromatic heterocycles. The first-order valence-electron chi connectivity index (χ1n) is 8.93. The highest BCUT2D eigenvalue weighted by atomic mass is 35.5. The van der Waals surface area contributed by atoms with Crippen LogP contribution in [0.25, 0.3) is 6.08 Å². The maximum Gasteiger partial charge on any atom is 0.246 e. The third-order valence-electron chi connectivity index (χ3n) is 4.73. The molecule has 1 amide bonds. The summed E-state index contributed by atoms with van der Waals surface area (Å²) in [5.74, 6) is 2.55. The van der Waals surface area contributed by atoms with Gasteiger partial charge in [-0.1, -0.05) is 35.9 Å². The van der Waals surface area contributed by atoms with E-state index in [1.54, 1.807) is 12.2 Å². The van der Waals surface area contributed by atoms with Gasteiger partial charge in [-0.3, -0.25) is 4.79 Å². The van der Waals surface area contributed by atoms with Gasteiger partial charge in [0.1, 0.15) is 0 Å². The SMILES string of the molecule is O=C(/C=C/c1ccccc1Cl)N1CCSC(c2ccc3c(c2)OCO3)CC1. The molecule has 1 atom stereocenters. The molecule has 0 aliphatic carbocycles. The molecule has 1 fully saturated rings. The zero-order valence-electron chi connectivity index (χ0n) is 14.8. The van der Waals surface area contributed by atoms with Crippen molar-refractivity contribution in [3.63, 3.8) is 0 Å². The summed E-state index contributed by atoms with van der Waals surface area (Å²) in [6.07, 6.45) is 4.32. The predicted molar refractivity (Wildman–Crippen MR) is 109 cm³/mol. The van der Waals surface area contributed by atoms with Crippen LogP contribution >= 0.6 is 23.4 Å². The van der Waals surface area contributed by atoms with E-state index in [2.05, 4.69) is 12.1 Å².